The van der Waals surface area contributed by atoms with E-state index in [1.807, 2.05) is 24.4 Å². The van der Waals surface area contributed by atoms with Crippen LogP contribution in [0.25, 0.3) is 0 Å². The van der Waals surface area contributed by atoms with Crippen molar-refractivity contribution in [2.75, 3.05) is 6.54 Å². The van der Waals surface area contributed by atoms with Crippen molar-refractivity contribution in [1.29, 1.82) is 0 Å². The molecule has 0 aliphatic heterocycles. The third-order valence-electron chi connectivity index (χ3n) is 1.57. The molecule has 13 heavy (non-hydrogen) atoms. The molecule has 1 N–H and O–H groups in total. The monoisotopic (exact) mass is 217 g/mol. The average molecular weight is 218 g/mol. The van der Waals surface area contributed by atoms with Gasteiger partial charge in [0.25, 0.3) is 0 Å². The highest BCUT2D eigenvalue weighted by atomic mass is 35.5. The molecule has 0 bridgehead atoms. The number of hydrogen-bond acceptors (Lipinski definition) is 2. The van der Waals surface area contributed by atoms with Crippen molar-refractivity contribution in [3.8, 4) is 0 Å². The number of carbonyl (C=O) groups excluding carboxylic acids is 1. The van der Waals surface area contributed by atoms with Gasteiger partial charge < -0.3 is 5.32 Å². The molecule has 0 spiro atoms. The van der Waals surface area contributed by atoms with Crippen molar-refractivity contribution in [1.82, 2.24) is 5.32 Å². The first kappa shape index (κ1) is 10.5. The maximum Gasteiger partial charge on any atom is 0.243 e. The Morgan fingerprint density at radius 3 is 3.08 bits per heavy atom. The van der Waals surface area contributed by atoms with Gasteiger partial charge in [-0.05, 0) is 17.9 Å². The van der Waals surface area contributed by atoms with Crippen molar-refractivity contribution >= 4 is 28.8 Å². The highest BCUT2D eigenvalue weighted by Gasteiger charge is 2.17. The Kier molecular flexibility index (Phi) is 4.25. The van der Waals surface area contributed by atoms with E-state index in [1.165, 1.54) is 11.3 Å². The third-order valence-corrected chi connectivity index (χ3v) is 3.07. The molecule has 1 rings (SSSR count). The van der Waals surface area contributed by atoms with E-state index in [4.69, 9.17) is 11.6 Å². The second-order valence-corrected chi connectivity index (χ2v) is 4.08. The van der Waals surface area contributed by atoms with Crippen molar-refractivity contribution < 1.29 is 4.79 Å². The molecule has 0 fully saturated rings. The maximum atomic E-state index is 11.4. The van der Waals surface area contributed by atoms with Gasteiger partial charge in [0, 0.05) is 11.4 Å². The van der Waals surface area contributed by atoms with E-state index in [2.05, 4.69) is 5.32 Å². The zero-order valence-corrected chi connectivity index (χ0v) is 8.99. The van der Waals surface area contributed by atoms with Crippen LogP contribution < -0.4 is 5.32 Å². The maximum absolute atomic E-state index is 11.4. The van der Waals surface area contributed by atoms with Crippen LogP contribution in [0.3, 0.4) is 0 Å². The number of thiophene rings is 1. The molecule has 1 heterocycles. The minimum Gasteiger partial charge on any atom is -0.355 e. The van der Waals surface area contributed by atoms with E-state index >= 15 is 0 Å². The first-order chi connectivity index (χ1) is 6.25. The second kappa shape index (κ2) is 5.25. The van der Waals surface area contributed by atoms with E-state index in [0.29, 0.717) is 6.54 Å². The fourth-order valence-electron chi connectivity index (χ4n) is 0.902. The molecule has 1 unspecified atom stereocenters. The summed E-state index contributed by atoms with van der Waals surface area (Å²) in [5.41, 5.74) is 0. The van der Waals surface area contributed by atoms with Crippen molar-refractivity contribution in [3.63, 3.8) is 0 Å². The Hall–Kier alpha value is -0.540. The van der Waals surface area contributed by atoms with E-state index in [9.17, 15) is 4.79 Å². The first-order valence-corrected chi connectivity index (χ1v) is 5.52. The summed E-state index contributed by atoms with van der Waals surface area (Å²) in [5, 5.41) is 4.14. The van der Waals surface area contributed by atoms with Crippen LogP contribution in [0.4, 0.5) is 0 Å². The van der Waals surface area contributed by atoms with E-state index in [1.54, 1.807) is 0 Å². The predicted octanol–water partition coefficient (Wildman–Crippen LogP) is 2.55. The van der Waals surface area contributed by atoms with Crippen LogP contribution in [-0.4, -0.2) is 12.5 Å². The van der Waals surface area contributed by atoms with Crippen LogP contribution in [0.2, 0.25) is 0 Å². The summed E-state index contributed by atoms with van der Waals surface area (Å²) >= 11 is 7.43. The number of amides is 1. The van der Waals surface area contributed by atoms with Crippen LogP contribution in [0.1, 0.15) is 23.6 Å². The fraction of sp³-hybridized carbons (Fsp3) is 0.444. The normalized spacial score (nSPS) is 12.5. The number of alkyl halides is 1. The van der Waals surface area contributed by atoms with Crippen molar-refractivity contribution in [3.05, 3.63) is 22.4 Å². The van der Waals surface area contributed by atoms with Gasteiger partial charge in [0.15, 0.2) is 0 Å². The summed E-state index contributed by atoms with van der Waals surface area (Å²) in [6.45, 7) is 2.70. The molecule has 1 atom stereocenters. The summed E-state index contributed by atoms with van der Waals surface area (Å²) in [6.07, 6.45) is 0.930. The summed E-state index contributed by atoms with van der Waals surface area (Å²) in [4.78, 5) is 12.3. The lowest BCUT2D eigenvalue weighted by atomic mass is 10.3. The fourth-order valence-corrected chi connectivity index (χ4v) is 1.90. The van der Waals surface area contributed by atoms with Gasteiger partial charge in [-0.1, -0.05) is 13.0 Å². The number of halogens is 1. The van der Waals surface area contributed by atoms with Gasteiger partial charge in [-0.2, -0.15) is 0 Å². The molecule has 0 aliphatic rings. The molecule has 1 aromatic rings. The van der Waals surface area contributed by atoms with Crippen LogP contribution in [-0.2, 0) is 4.79 Å². The standard InChI is InChI=1S/C9H12ClNOS/c1-2-5-11-9(12)8(10)7-4-3-6-13-7/h3-4,6,8H,2,5H2,1H3,(H,11,12). The molecule has 0 aliphatic carbocycles. The highest BCUT2D eigenvalue weighted by Crippen LogP contribution is 2.24. The van der Waals surface area contributed by atoms with Crippen LogP contribution in [0, 0.1) is 0 Å². The molecule has 0 saturated heterocycles. The molecule has 1 amide bonds. The molecule has 72 valence electrons. The molecule has 0 radical (unpaired) electrons. The molecular weight excluding hydrogens is 206 g/mol. The van der Waals surface area contributed by atoms with E-state index < -0.39 is 5.38 Å². The minimum absolute atomic E-state index is 0.106. The summed E-state index contributed by atoms with van der Waals surface area (Å²) < 4.78 is 0. The van der Waals surface area contributed by atoms with Crippen LogP contribution in [0.15, 0.2) is 17.5 Å². The van der Waals surface area contributed by atoms with Gasteiger partial charge >= 0.3 is 0 Å². The predicted molar refractivity (Wildman–Crippen MR) is 56.2 cm³/mol. The van der Waals surface area contributed by atoms with Gasteiger partial charge in [-0.15, -0.1) is 22.9 Å². The Labute approximate surface area is 86.9 Å². The molecule has 0 aromatic carbocycles. The average Bonchev–Trinajstić information content (AvgIpc) is 2.65. The van der Waals surface area contributed by atoms with Crippen LogP contribution >= 0.6 is 22.9 Å². The lowest BCUT2D eigenvalue weighted by Gasteiger charge is -2.07. The second-order valence-electron chi connectivity index (χ2n) is 2.67. The zero-order chi connectivity index (χ0) is 9.68. The van der Waals surface area contributed by atoms with Crippen molar-refractivity contribution in [2.24, 2.45) is 0 Å². The number of rotatable bonds is 4. The Morgan fingerprint density at radius 2 is 2.54 bits per heavy atom. The first-order valence-electron chi connectivity index (χ1n) is 4.21. The largest absolute Gasteiger partial charge is 0.355 e. The lowest BCUT2D eigenvalue weighted by molar-refractivity contribution is -0.120. The number of nitrogens with one attached hydrogen (secondary N) is 1. The molecular formula is C9H12ClNOS. The smallest absolute Gasteiger partial charge is 0.243 e. The van der Waals surface area contributed by atoms with E-state index in [-0.39, 0.29) is 5.91 Å². The van der Waals surface area contributed by atoms with Crippen LogP contribution in [0.5, 0.6) is 0 Å². The molecule has 2 nitrogen and oxygen atoms in total. The minimum atomic E-state index is -0.536. The topological polar surface area (TPSA) is 29.1 Å². The summed E-state index contributed by atoms with van der Waals surface area (Å²) in [6, 6.07) is 3.76. The van der Waals surface area contributed by atoms with E-state index in [0.717, 1.165) is 11.3 Å². The summed E-state index contributed by atoms with van der Waals surface area (Å²) in [7, 11) is 0. The molecule has 1 aromatic heterocycles. The molecule has 4 heteroatoms. The SMILES string of the molecule is CCCNC(=O)C(Cl)c1cccs1. The summed E-state index contributed by atoms with van der Waals surface area (Å²) in [5.74, 6) is -0.106. The number of carbonyl (C=O) groups is 1. The lowest BCUT2D eigenvalue weighted by Crippen LogP contribution is -2.27. The molecule has 0 saturated carbocycles. The van der Waals surface area contributed by atoms with Gasteiger partial charge in [0.2, 0.25) is 5.91 Å². The third kappa shape index (κ3) is 3.01. The Morgan fingerprint density at radius 1 is 1.77 bits per heavy atom. The number of hydrogen-bond donors (Lipinski definition) is 1. The van der Waals surface area contributed by atoms with Gasteiger partial charge in [0.1, 0.15) is 5.38 Å². The zero-order valence-electron chi connectivity index (χ0n) is 7.42. The van der Waals surface area contributed by atoms with Gasteiger partial charge in [0.05, 0.1) is 0 Å². The van der Waals surface area contributed by atoms with Gasteiger partial charge in [-0.25, -0.2) is 0 Å². The van der Waals surface area contributed by atoms with Crippen molar-refractivity contribution in [2.45, 2.75) is 18.7 Å². The van der Waals surface area contributed by atoms with Gasteiger partial charge in [-0.3, -0.25) is 4.79 Å². The highest BCUT2D eigenvalue weighted by molar-refractivity contribution is 7.10. The quantitative estimate of drug-likeness (QED) is 0.772. The Bertz CT molecular complexity index is 261. The Balaban J connectivity index is 2.48.